The lowest BCUT2D eigenvalue weighted by Crippen LogP contribution is -2.40. The molecule has 0 unspecified atom stereocenters. The molecule has 0 saturated heterocycles. The normalized spacial score (nSPS) is 16.6. The Hall–Kier alpha value is -1.84. The third kappa shape index (κ3) is 2.84. The van der Waals surface area contributed by atoms with Crippen LogP contribution >= 0.6 is 0 Å². The number of carboxylic acid groups (broad SMARTS) is 1. The molecule has 1 aromatic rings. The van der Waals surface area contributed by atoms with Crippen molar-refractivity contribution in [2.24, 2.45) is 5.41 Å². The maximum atomic E-state index is 12.1. The first-order chi connectivity index (χ1) is 9.44. The molecule has 1 fully saturated rings. The standard InChI is InChI=1S/C16H20O4/c1-11(2)20-14(17)13-7-4-3-6-12(13)10-16(15(18)19)8-5-9-16/h3-4,6-7,11H,5,8-10H2,1-2H3,(H,18,19). The van der Waals surface area contributed by atoms with Gasteiger partial charge in [-0.2, -0.15) is 0 Å². The smallest absolute Gasteiger partial charge is 0.338 e. The van der Waals surface area contributed by atoms with Crippen molar-refractivity contribution in [3.8, 4) is 0 Å². The van der Waals surface area contributed by atoms with Gasteiger partial charge in [0.1, 0.15) is 0 Å². The van der Waals surface area contributed by atoms with Crippen LogP contribution in [-0.2, 0) is 16.0 Å². The predicted molar refractivity (Wildman–Crippen MR) is 74.6 cm³/mol. The van der Waals surface area contributed by atoms with Crippen LogP contribution in [0.3, 0.4) is 0 Å². The molecular formula is C16H20O4. The van der Waals surface area contributed by atoms with E-state index in [2.05, 4.69) is 0 Å². The molecule has 108 valence electrons. The third-order valence-corrected chi connectivity index (χ3v) is 3.87. The summed E-state index contributed by atoms with van der Waals surface area (Å²) in [6.45, 7) is 3.59. The van der Waals surface area contributed by atoms with E-state index < -0.39 is 11.4 Å². The Morgan fingerprint density at radius 1 is 1.30 bits per heavy atom. The first kappa shape index (κ1) is 14.6. The molecule has 4 nitrogen and oxygen atoms in total. The molecule has 0 aliphatic heterocycles. The lowest BCUT2D eigenvalue weighted by molar-refractivity contribution is -0.154. The number of carbonyl (C=O) groups is 2. The molecule has 4 heteroatoms. The van der Waals surface area contributed by atoms with E-state index in [4.69, 9.17) is 4.74 Å². The number of rotatable bonds is 5. The van der Waals surface area contributed by atoms with Crippen LogP contribution in [0, 0.1) is 5.41 Å². The van der Waals surface area contributed by atoms with Crippen molar-refractivity contribution in [1.82, 2.24) is 0 Å². The molecule has 20 heavy (non-hydrogen) atoms. The van der Waals surface area contributed by atoms with Gasteiger partial charge in [-0.3, -0.25) is 4.79 Å². The predicted octanol–water partition coefficient (Wildman–Crippen LogP) is 3.05. The lowest BCUT2D eigenvalue weighted by atomic mass is 9.65. The van der Waals surface area contributed by atoms with Gasteiger partial charge in [-0.05, 0) is 44.7 Å². The Labute approximate surface area is 118 Å². The van der Waals surface area contributed by atoms with E-state index in [0.29, 0.717) is 24.8 Å². The molecule has 0 radical (unpaired) electrons. The highest BCUT2D eigenvalue weighted by Gasteiger charge is 2.44. The molecule has 0 atom stereocenters. The molecule has 1 N–H and O–H groups in total. The zero-order valence-corrected chi connectivity index (χ0v) is 11.9. The Morgan fingerprint density at radius 3 is 2.45 bits per heavy atom. The molecule has 0 bridgehead atoms. The molecule has 1 aromatic carbocycles. The average molecular weight is 276 g/mol. The molecule has 1 saturated carbocycles. The van der Waals surface area contributed by atoms with Crippen LogP contribution in [0.25, 0.3) is 0 Å². The van der Waals surface area contributed by atoms with Gasteiger partial charge < -0.3 is 9.84 Å². The number of hydrogen-bond acceptors (Lipinski definition) is 3. The van der Waals surface area contributed by atoms with Gasteiger partial charge in [0.15, 0.2) is 0 Å². The summed E-state index contributed by atoms with van der Waals surface area (Å²) in [6, 6.07) is 7.12. The van der Waals surface area contributed by atoms with Gasteiger partial charge in [-0.1, -0.05) is 24.6 Å². The number of carbonyl (C=O) groups excluding carboxylic acids is 1. The fourth-order valence-corrected chi connectivity index (χ4v) is 2.59. The molecule has 0 heterocycles. The van der Waals surface area contributed by atoms with Gasteiger partial charge in [0.2, 0.25) is 0 Å². The SMILES string of the molecule is CC(C)OC(=O)c1ccccc1CC1(C(=O)O)CCC1. The van der Waals surface area contributed by atoms with Crippen LogP contribution in [0.4, 0.5) is 0 Å². The number of carboxylic acids is 1. The molecule has 0 spiro atoms. The second kappa shape index (κ2) is 5.65. The van der Waals surface area contributed by atoms with E-state index in [1.165, 1.54) is 0 Å². The van der Waals surface area contributed by atoms with E-state index in [1.807, 2.05) is 12.1 Å². The summed E-state index contributed by atoms with van der Waals surface area (Å²) in [5.74, 6) is -1.15. The second-order valence-corrected chi connectivity index (χ2v) is 5.73. The molecule has 2 rings (SSSR count). The van der Waals surface area contributed by atoms with Crippen LogP contribution in [0.1, 0.15) is 49.0 Å². The van der Waals surface area contributed by atoms with Crippen LogP contribution in [0.15, 0.2) is 24.3 Å². The van der Waals surface area contributed by atoms with E-state index in [9.17, 15) is 14.7 Å². The fraction of sp³-hybridized carbons (Fsp3) is 0.500. The highest BCUT2D eigenvalue weighted by Crippen LogP contribution is 2.44. The van der Waals surface area contributed by atoms with Gasteiger partial charge in [0.25, 0.3) is 0 Å². The van der Waals surface area contributed by atoms with Crippen molar-refractivity contribution < 1.29 is 19.4 Å². The maximum absolute atomic E-state index is 12.1. The highest BCUT2D eigenvalue weighted by molar-refractivity contribution is 5.91. The van der Waals surface area contributed by atoms with Crippen molar-refractivity contribution in [1.29, 1.82) is 0 Å². The summed E-state index contributed by atoms with van der Waals surface area (Å²) in [4.78, 5) is 23.5. The number of benzene rings is 1. The van der Waals surface area contributed by atoms with E-state index >= 15 is 0 Å². The van der Waals surface area contributed by atoms with Crippen molar-refractivity contribution >= 4 is 11.9 Å². The van der Waals surface area contributed by atoms with E-state index in [-0.39, 0.29) is 12.1 Å². The fourth-order valence-electron chi connectivity index (χ4n) is 2.59. The third-order valence-electron chi connectivity index (χ3n) is 3.87. The lowest BCUT2D eigenvalue weighted by Gasteiger charge is -2.38. The average Bonchev–Trinajstić information content (AvgIpc) is 2.32. The minimum Gasteiger partial charge on any atom is -0.481 e. The van der Waals surface area contributed by atoms with Crippen molar-refractivity contribution in [2.75, 3.05) is 0 Å². The molecule has 1 aliphatic rings. The van der Waals surface area contributed by atoms with Gasteiger partial charge in [0.05, 0.1) is 17.1 Å². The van der Waals surface area contributed by atoms with Gasteiger partial charge in [0, 0.05) is 0 Å². The van der Waals surface area contributed by atoms with Crippen LogP contribution in [-0.4, -0.2) is 23.1 Å². The molecule has 0 aromatic heterocycles. The Balaban J connectivity index is 2.24. The first-order valence-corrected chi connectivity index (χ1v) is 6.97. The number of esters is 1. The Bertz CT molecular complexity index is 515. The topological polar surface area (TPSA) is 63.6 Å². The summed E-state index contributed by atoms with van der Waals surface area (Å²) < 4.78 is 5.22. The quantitative estimate of drug-likeness (QED) is 0.839. The van der Waals surface area contributed by atoms with Crippen molar-refractivity contribution in [3.05, 3.63) is 35.4 Å². The number of ether oxygens (including phenoxy) is 1. The largest absolute Gasteiger partial charge is 0.481 e. The maximum Gasteiger partial charge on any atom is 0.338 e. The van der Waals surface area contributed by atoms with Crippen LogP contribution in [0.5, 0.6) is 0 Å². The summed E-state index contributed by atoms with van der Waals surface area (Å²) in [7, 11) is 0. The summed E-state index contributed by atoms with van der Waals surface area (Å²) in [5.41, 5.74) is 0.544. The summed E-state index contributed by atoms with van der Waals surface area (Å²) >= 11 is 0. The van der Waals surface area contributed by atoms with E-state index in [0.717, 1.165) is 12.0 Å². The van der Waals surface area contributed by atoms with Crippen LogP contribution in [0.2, 0.25) is 0 Å². The minimum atomic E-state index is -0.768. The van der Waals surface area contributed by atoms with Gasteiger partial charge in [-0.15, -0.1) is 0 Å². The summed E-state index contributed by atoms with van der Waals surface area (Å²) in [6.07, 6.45) is 2.50. The van der Waals surface area contributed by atoms with E-state index in [1.54, 1.807) is 26.0 Å². The Morgan fingerprint density at radius 2 is 1.95 bits per heavy atom. The first-order valence-electron chi connectivity index (χ1n) is 6.97. The highest BCUT2D eigenvalue weighted by atomic mass is 16.5. The summed E-state index contributed by atoms with van der Waals surface area (Å²) in [5, 5.41) is 9.40. The molecule has 0 amide bonds. The molecular weight excluding hydrogens is 256 g/mol. The Kier molecular flexibility index (Phi) is 4.12. The minimum absolute atomic E-state index is 0.187. The second-order valence-electron chi connectivity index (χ2n) is 5.73. The van der Waals surface area contributed by atoms with Crippen LogP contribution < -0.4 is 0 Å². The zero-order chi connectivity index (χ0) is 14.8. The van der Waals surface area contributed by atoms with Crippen molar-refractivity contribution in [3.63, 3.8) is 0 Å². The van der Waals surface area contributed by atoms with Gasteiger partial charge >= 0.3 is 11.9 Å². The molecule has 1 aliphatic carbocycles. The zero-order valence-electron chi connectivity index (χ0n) is 11.9. The number of aliphatic carboxylic acids is 1. The monoisotopic (exact) mass is 276 g/mol. The van der Waals surface area contributed by atoms with Crippen molar-refractivity contribution in [2.45, 2.75) is 45.6 Å². The number of hydrogen-bond donors (Lipinski definition) is 1. The van der Waals surface area contributed by atoms with Gasteiger partial charge in [-0.25, -0.2) is 4.79 Å².